The van der Waals surface area contributed by atoms with Crippen molar-refractivity contribution in [3.05, 3.63) is 69.3 Å². The number of hydrogen-bond donors (Lipinski definition) is 1. The lowest BCUT2D eigenvalue weighted by Crippen LogP contribution is -2.43. The average molecular weight is 497 g/mol. The molecule has 1 saturated heterocycles. The van der Waals surface area contributed by atoms with Crippen molar-refractivity contribution in [3.63, 3.8) is 0 Å². The van der Waals surface area contributed by atoms with Crippen LogP contribution < -0.4 is 5.32 Å². The zero-order valence-corrected chi connectivity index (χ0v) is 21.1. The summed E-state index contributed by atoms with van der Waals surface area (Å²) >= 11 is 2.44. The van der Waals surface area contributed by atoms with E-state index in [2.05, 4.69) is 48.2 Å². The Morgan fingerprint density at radius 2 is 1.97 bits per heavy atom. The molecule has 0 aliphatic carbocycles. The van der Waals surface area contributed by atoms with Gasteiger partial charge in [0.15, 0.2) is 0 Å². The van der Waals surface area contributed by atoms with Crippen LogP contribution in [0.25, 0.3) is 11.1 Å². The van der Waals surface area contributed by atoms with E-state index in [4.69, 9.17) is 0 Å². The zero-order valence-electron chi connectivity index (χ0n) is 19.5. The maximum absolute atomic E-state index is 12.8. The van der Waals surface area contributed by atoms with E-state index >= 15 is 0 Å². The SMILES string of the molecule is CC(C)c1ccccc1-c1cncc(Sc2sc(C(=O)NC3CCN(C)CC3)cc2[N+](=O)[O-])c1. The molecule has 9 heteroatoms. The van der Waals surface area contributed by atoms with Gasteiger partial charge in [-0.25, -0.2) is 0 Å². The van der Waals surface area contributed by atoms with E-state index in [9.17, 15) is 14.9 Å². The highest BCUT2D eigenvalue weighted by molar-refractivity contribution is 8.01. The lowest BCUT2D eigenvalue weighted by Gasteiger charge is -2.29. The molecule has 1 aliphatic rings. The lowest BCUT2D eigenvalue weighted by atomic mass is 9.93. The summed E-state index contributed by atoms with van der Waals surface area (Å²) in [5.74, 6) is 0.115. The number of aromatic nitrogens is 1. The number of amides is 1. The van der Waals surface area contributed by atoms with Gasteiger partial charge in [-0.1, -0.05) is 49.9 Å². The topological polar surface area (TPSA) is 88.4 Å². The third-order valence-corrected chi connectivity index (χ3v) is 8.24. The van der Waals surface area contributed by atoms with E-state index in [1.165, 1.54) is 23.4 Å². The monoisotopic (exact) mass is 496 g/mol. The highest BCUT2D eigenvalue weighted by Gasteiger charge is 2.26. The van der Waals surface area contributed by atoms with Crippen molar-refractivity contribution in [1.82, 2.24) is 15.2 Å². The fraction of sp³-hybridized carbons (Fsp3) is 0.360. The molecule has 1 aliphatic heterocycles. The van der Waals surface area contributed by atoms with Crippen LogP contribution in [-0.2, 0) is 0 Å². The third kappa shape index (κ3) is 5.65. The van der Waals surface area contributed by atoms with Crippen LogP contribution >= 0.6 is 23.1 Å². The van der Waals surface area contributed by atoms with Gasteiger partial charge in [0.2, 0.25) is 0 Å². The number of thiophene rings is 1. The third-order valence-electron chi connectivity index (χ3n) is 5.97. The minimum Gasteiger partial charge on any atom is -0.349 e. The van der Waals surface area contributed by atoms with Crippen molar-refractivity contribution in [2.24, 2.45) is 0 Å². The highest BCUT2D eigenvalue weighted by Crippen LogP contribution is 2.42. The number of piperidine rings is 1. The molecule has 3 heterocycles. The van der Waals surface area contributed by atoms with Crippen LogP contribution in [0.1, 0.15) is 47.8 Å². The van der Waals surface area contributed by atoms with Gasteiger partial charge in [0.25, 0.3) is 11.6 Å². The molecule has 0 unspecified atom stereocenters. The lowest BCUT2D eigenvalue weighted by molar-refractivity contribution is -0.387. The van der Waals surface area contributed by atoms with Crippen LogP contribution in [0.4, 0.5) is 5.69 Å². The Morgan fingerprint density at radius 1 is 1.24 bits per heavy atom. The first-order valence-corrected chi connectivity index (χ1v) is 12.9. The maximum atomic E-state index is 12.8. The summed E-state index contributed by atoms with van der Waals surface area (Å²) in [4.78, 5) is 31.9. The first-order chi connectivity index (χ1) is 16.3. The number of nitrogens with zero attached hydrogens (tertiary/aromatic N) is 3. The Balaban J connectivity index is 1.56. The standard InChI is InChI=1S/C25H28N4O3S2/c1-16(2)20-6-4-5-7-21(20)17-12-19(15-26-14-17)33-25-22(29(31)32)13-23(34-25)24(30)27-18-8-10-28(3)11-9-18/h4-7,12-16,18H,8-11H2,1-3H3,(H,27,30). The molecule has 34 heavy (non-hydrogen) atoms. The van der Waals surface area contributed by atoms with Gasteiger partial charge in [-0.3, -0.25) is 19.9 Å². The van der Waals surface area contributed by atoms with Gasteiger partial charge < -0.3 is 10.2 Å². The molecule has 178 valence electrons. The Labute approximate surface area is 207 Å². The fourth-order valence-corrected chi connectivity index (χ4v) is 6.31. The first-order valence-electron chi connectivity index (χ1n) is 11.3. The van der Waals surface area contributed by atoms with E-state index < -0.39 is 4.92 Å². The van der Waals surface area contributed by atoms with Gasteiger partial charge in [0.05, 0.1) is 4.92 Å². The maximum Gasteiger partial charge on any atom is 0.294 e. The largest absolute Gasteiger partial charge is 0.349 e. The molecule has 1 aromatic carbocycles. The molecule has 2 aromatic heterocycles. The van der Waals surface area contributed by atoms with Crippen LogP contribution in [0.5, 0.6) is 0 Å². The fourth-order valence-electron chi connectivity index (χ4n) is 4.08. The van der Waals surface area contributed by atoms with E-state index in [0.717, 1.165) is 53.3 Å². The number of pyridine rings is 1. The molecule has 0 bridgehead atoms. The summed E-state index contributed by atoms with van der Waals surface area (Å²) in [5.41, 5.74) is 3.25. The highest BCUT2D eigenvalue weighted by atomic mass is 32.2. The van der Waals surface area contributed by atoms with Crippen molar-refractivity contribution in [2.75, 3.05) is 20.1 Å². The second-order valence-corrected chi connectivity index (χ2v) is 11.2. The second-order valence-electron chi connectivity index (χ2n) is 8.84. The van der Waals surface area contributed by atoms with Gasteiger partial charge >= 0.3 is 0 Å². The normalized spacial score (nSPS) is 14.9. The summed E-state index contributed by atoms with van der Waals surface area (Å²) in [6, 6.07) is 11.7. The van der Waals surface area contributed by atoms with Crippen molar-refractivity contribution < 1.29 is 9.72 Å². The van der Waals surface area contributed by atoms with E-state index in [-0.39, 0.29) is 17.6 Å². The smallest absolute Gasteiger partial charge is 0.294 e. The number of nitrogens with one attached hydrogen (secondary N) is 1. The molecule has 0 saturated carbocycles. The van der Waals surface area contributed by atoms with Crippen LogP contribution in [0.3, 0.4) is 0 Å². The van der Waals surface area contributed by atoms with E-state index in [1.54, 1.807) is 6.20 Å². The number of carbonyl (C=O) groups excluding carboxylic acids is 1. The van der Waals surface area contributed by atoms with Crippen LogP contribution in [0.2, 0.25) is 0 Å². The predicted molar refractivity (Wildman–Crippen MR) is 137 cm³/mol. The van der Waals surface area contributed by atoms with Crippen LogP contribution in [0, 0.1) is 10.1 Å². The average Bonchev–Trinajstić information content (AvgIpc) is 3.25. The second kappa shape index (κ2) is 10.7. The molecule has 0 spiro atoms. The quantitative estimate of drug-likeness (QED) is 0.328. The summed E-state index contributed by atoms with van der Waals surface area (Å²) in [6.45, 7) is 6.16. The molecule has 0 radical (unpaired) electrons. The molecule has 4 rings (SSSR count). The molecular weight excluding hydrogens is 468 g/mol. The number of hydrogen-bond acceptors (Lipinski definition) is 7. The Bertz CT molecular complexity index is 1190. The number of likely N-dealkylation sites (tertiary alicyclic amines) is 1. The number of carbonyl (C=O) groups is 1. The molecule has 7 nitrogen and oxygen atoms in total. The van der Waals surface area contributed by atoms with Gasteiger partial charge in [0.1, 0.15) is 9.09 Å². The Morgan fingerprint density at radius 3 is 2.68 bits per heavy atom. The molecule has 1 fully saturated rings. The van der Waals surface area contributed by atoms with Crippen molar-refractivity contribution >= 4 is 34.7 Å². The first kappa shape index (κ1) is 24.4. The number of nitro groups is 1. The molecule has 3 aromatic rings. The van der Waals surface area contributed by atoms with Crippen molar-refractivity contribution in [2.45, 2.75) is 47.8 Å². The number of benzene rings is 1. The molecule has 0 atom stereocenters. The van der Waals surface area contributed by atoms with Crippen LogP contribution in [0.15, 0.2) is 57.9 Å². The van der Waals surface area contributed by atoms with Crippen molar-refractivity contribution in [3.8, 4) is 11.1 Å². The van der Waals surface area contributed by atoms with Gasteiger partial charge in [-0.2, -0.15) is 0 Å². The molecule has 1 amide bonds. The molecular formula is C25H28N4O3S2. The minimum atomic E-state index is -0.420. The summed E-state index contributed by atoms with van der Waals surface area (Å²) < 4.78 is 0.481. The van der Waals surface area contributed by atoms with Crippen molar-refractivity contribution in [1.29, 1.82) is 0 Å². The minimum absolute atomic E-state index is 0.0449. The number of rotatable bonds is 7. The Kier molecular flexibility index (Phi) is 7.65. The molecule has 1 N–H and O–H groups in total. The summed E-state index contributed by atoms with van der Waals surface area (Å²) in [7, 11) is 2.06. The Hall–Kier alpha value is -2.75. The van der Waals surface area contributed by atoms with Gasteiger partial charge in [-0.05, 0) is 56.1 Å². The van der Waals surface area contributed by atoms with Gasteiger partial charge in [-0.15, -0.1) is 11.3 Å². The van der Waals surface area contributed by atoms with E-state index in [1.807, 2.05) is 24.4 Å². The van der Waals surface area contributed by atoms with Gasteiger partial charge in [0, 0.05) is 35.0 Å². The van der Waals surface area contributed by atoms with Crippen LogP contribution in [-0.4, -0.2) is 46.9 Å². The predicted octanol–water partition coefficient (Wildman–Crippen LogP) is 5.82. The van der Waals surface area contributed by atoms with E-state index in [0.29, 0.717) is 15.0 Å². The zero-order chi connectivity index (χ0) is 24.2. The summed E-state index contributed by atoms with van der Waals surface area (Å²) in [5, 5.41) is 14.8. The summed E-state index contributed by atoms with van der Waals surface area (Å²) in [6.07, 6.45) is 5.28.